The van der Waals surface area contributed by atoms with E-state index in [0.717, 1.165) is 11.3 Å². The molecule has 0 radical (unpaired) electrons. The Balaban J connectivity index is 1.70. The standard InChI is InChI=1S/C21H20N2O4S/c1-14-5-4-6-18(11-14)23(15(2)24)21-22-17(13-28-21)12-27-20(25)16-7-9-19(26-3)10-8-16/h4-11,13H,12H2,1-3H3. The van der Waals surface area contributed by atoms with Crippen LogP contribution in [0.2, 0.25) is 0 Å². The third-order valence-electron chi connectivity index (χ3n) is 3.98. The van der Waals surface area contributed by atoms with Gasteiger partial charge in [0, 0.05) is 12.3 Å². The SMILES string of the molecule is COc1ccc(C(=O)OCc2csc(N(C(C)=O)c3cccc(C)c3)n2)cc1. The van der Waals surface area contributed by atoms with Crippen LogP contribution in [0.5, 0.6) is 5.75 Å². The van der Waals surface area contributed by atoms with Crippen LogP contribution >= 0.6 is 11.3 Å². The first kappa shape index (κ1) is 19.6. The minimum Gasteiger partial charge on any atom is -0.497 e. The Bertz CT molecular complexity index is 982. The Kier molecular flexibility index (Phi) is 6.06. The van der Waals surface area contributed by atoms with Crippen LogP contribution in [0.3, 0.4) is 0 Å². The number of nitrogens with zero attached hydrogens (tertiary/aromatic N) is 2. The van der Waals surface area contributed by atoms with Gasteiger partial charge in [-0.2, -0.15) is 0 Å². The molecular weight excluding hydrogens is 376 g/mol. The molecule has 1 heterocycles. The Labute approximate surface area is 167 Å². The molecule has 0 N–H and O–H groups in total. The summed E-state index contributed by atoms with van der Waals surface area (Å²) in [4.78, 5) is 30.3. The van der Waals surface area contributed by atoms with Gasteiger partial charge in [0.05, 0.1) is 24.1 Å². The number of hydrogen-bond acceptors (Lipinski definition) is 6. The van der Waals surface area contributed by atoms with Gasteiger partial charge in [0.2, 0.25) is 5.91 Å². The maximum absolute atomic E-state index is 12.2. The molecular formula is C21H20N2O4S. The zero-order valence-corrected chi connectivity index (χ0v) is 16.7. The van der Waals surface area contributed by atoms with Crippen molar-refractivity contribution in [2.45, 2.75) is 20.5 Å². The number of rotatable bonds is 6. The highest BCUT2D eigenvalue weighted by Gasteiger charge is 2.18. The van der Waals surface area contributed by atoms with Crippen molar-refractivity contribution in [1.29, 1.82) is 0 Å². The molecule has 3 rings (SSSR count). The Morgan fingerprint density at radius 2 is 1.89 bits per heavy atom. The number of carbonyl (C=O) groups is 2. The lowest BCUT2D eigenvalue weighted by Crippen LogP contribution is -2.22. The number of methoxy groups -OCH3 is 1. The Hall–Kier alpha value is -3.19. The van der Waals surface area contributed by atoms with Crippen molar-refractivity contribution in [3.63, 3.8) is 0 Å². The fourth-order valence-electron chi connectivity index (χ4n) is 2.61. The molecule has 0 spiro atoms. The Morgan fingerprint density at radius 1 is 1.14 bits per heavy atom. The van der Waals surface area contributed by atoms with Gasteiger partial charge in [-0.3, -0.25) is 9.69 Å². The number of aryl methyl sites for hydroxylation is 1. The third-order valence-corrected chi connectivity index (χ3v) is 4.86. The first-order valence-electron chi connectivity index (χ1n) is 8.61. The van der Waals surface area contributed by atoms with Crippen LogP contribution in [0.1, 0.15) is 28.5 Å². The lowest BCUT2D eigenvalue weighted by molar-refractivity contribution is -0.115. The van der Waals surface area contributed by atoms with Crippen LogP contribution in [0.15, 0.2) is 53.9 Å². The van der Waals surface area contributed by atoms with Gasteiger partial charge in [-0.1, -0.05) is 12.1 Å². The molecule has 0 fully saturated rings. The summed E-state index contributed by atoms with van der Waals surface area (Å²) in [5, 5.41) is 2.32. The summed E-state index contributed by atoms with van der Waals surface area (Å²) in [6, 6.07) is 14.3. The maximum Gasteiger partial charge on any atom is 0.338 e. The van der Waals surface area contributed by atoms with Crippen LogP contribution < -0.4 is 9.64 Å². The summed E-state index contributed by atoms with van der Waals surface area (Å²) in [6.45, 7) is 3.49. The number of esters is 1. The van der Waals surface area contributed by atoms with E-state index < -0.39 is 5.97 Å². The number of anilines is 2. The molecule has 7 heteroatoms. The van der Waals surface area contributed by atoms with Gasteiger partial charge < -0.3 is 9.47 Å². The quantitative estimate of drug-likeness (QED) is 0.574. The number of hydrogen-bond donors (Lipinski definition) is 0. The summed E-state index contributed by atoms with van der Waals surface area (Å²) in [5.74, 6) is 0.0854. The van der Waals surface area contributed by atoms with Crippen molar-refractivity contribution in [3.05, 3.63) is 70.7 Å². The third kappa shape index (κ3) is 4.55. The second-order valence-electron chi connectivity index (χ2n) is 6.12. The lowest BCUT2D eigenvalue weighted by atomic mass is 10.2. The minimum absolute atomic E-state index is 0.0287. The van der Waals surface area contributed by atoms with Gasteiger partial charge in [-0.25, -0.2) is 9.78 Å². The van der Waals surface area contributed by atoms with E-state index in [4.69, 9.17) is 9.47 Å². The van der Waals surface area contributed by atoms with E-state index in [1.807, 2.05) is 31.2 Å². The largest absolute Gasteiger partial charge is 0.497 e. The van der Waals surface area contributed by atoms with Crippen molar-refractivity contribution in [2.24, 2.45) is 0 Å². The monoisotopic (exact) mass is 396 g/mol. The number of aromatic nitrogens is 1. The second kappa shape index (κ2) is 8.67. The van der Waals surface area contributed by atoms with Crippen molar-refractivity contribution in [2.75, 3.05) is 12.0 Å². The van der Waals surface area contributed by atoms with Crippen LogP contribution in [0, 0.1) is 6.92 Å². The maximum atomic E-state index is 12.2. The number of carbonyl (C=O) groups excluding carboxylic acids is 2. The van der Waals surface area contributed by atoms with Crippen molar-refractivity contribution >= 4 is 34.0 Å². The average Bonchev–Trinajstić information content (AvgIpc) is 3.14. The molecule has 6 nitrogen and oxygen atoms in total. The molecule has 28 heavy (non-hydrogen) atoms. The smallest absolute Gasteiger partial charge is 0.338 e. The van der Waals surface area contributed by atoms with Gasteiger partial charge in [-0.15, -0.1) is 11.3 Å². The van der Waals surface area contributed by atoms with Crippen molar-refractivity contribution in [3.8, 4) is 5.75 Å². The molecule has 144 valence electrons. The van der Waals surface area contributed by atoms with Gasteiger partial charge in [0.1, 0.15) is 12.4 Å². The average molecular weight is 396 g/mol. The predicted octanol–water partition coefficient (Wildman–Crippen LogP) is 4.50. The van der Waals surface area contributed by atoms with E-state index in [1.165, 1.54) is 18.3 Å². The molecule has 0 bridgehead atoms. The van der Waals surface area contributed by atoms with E-state index in [2.05, 4.69) is 4.98 Å². The van der Waals surface area contributed by atoms with Gasteiger partial charge in [0.25, 0.3) is 0 Å². The minimum atomic E-state index is -0.445. The van der Waals surface area contributed by atoms with E-state index in [0.29, 0.717) is 22.1 Å². The molecule has 0 aliphatic carbocycles. The zero-order valence-electron chi connectivity index (χ0n) is 15.8. The number of ether oxygens (including phenoxy) is 2. The number of benzene rings is 2. The van der Waals surface area contributed by atoms with Gasteiger partial charge >= 0.3 is 5.97 Å². The van der Waals surface area contributed by atoms with Crippen LogP contribution in [0.4, 0.5) is 10.8 Å². The summed E-state index contributed by atoms with van der Waals surface area (Å²) < 4.78 is 10.4. The number of amides is 1. The van der Waals surface area contributed by atoms with Gasteiger partial charge in [0.15, 0.2) is 5.13 Å². The zero-order chi connectivity index (χ0) is 20.1. The van der Waals surface area contributed by atoms with E-state index >= 15 is 0 Å². The van der Waals surface area contributed by atoms with E-state index in [1.54, 1.807) is 41.7 Å². The Morgan fingerprint density at radius 3 is 2.54 bits per heavy atom. The molecule has 3 aromatic rings. The number of thiazole rings is 1. The van der Waals surface area contributed by atoms with Crippen LogP contribution in [-0.2, 0) is 16.1 Å². The second-order valence-corrected chi connectivity index (χ2v) is 6.96. The molecule has 0 saturated carbocycles. The van der Waals surface area contributed by atoms with Gasteiger partial charge in [-0.05, 0) is 48.9 Å². The lowest BCUT2D eigenvalue weighted by Gasteiger charge is -2.18. The highest BCUT2D eigenvalue weighted by Crippen LogP contribution is 2.29. The highest BCUT2D eigenvalue weighted by atomic mass is 32.1. The van der Waals surface area contributed by atoms with E-state index in [9.17, 15) is 9.59 Å². The normalized spacial score (nSPS) is 10.4. The topological polar surface area (TPSA) is 68.7 Å². The molecule has 1 amide bonds. The molecule has 1 aromatic heterocycles. The van der Waals surface area contributed by atoms with Crippen LogP contribution in [0.25, 0.3) is 0 Å². The summed E-state index contributed by atoms with van der Waals surface area (Å²) in [6.07, 6.45) is 0. The predicted molar refractivity (Wildman–Crippen MR) is 108 cm³/mol. The summed E-state index contributed by atoms with van der Waals surface area (Å²) in [7, 11) is 1.56. The molecule has 0 unspecified atom stereocenters. The molecule has 0 atom stereocenters. The summed E-state index contributed by atoms with van der Waals surface area (Å²) >= 11 is 1.33. The molecule has 0 aliphatic rings. The first-order valence-corrected chi connectivity index (χ1v) is 9.49. The van der Waals surface area contributed by atoms with Crippen molar-refractivity contribution in [1.82, 2.24) is 4.98 Å². The fraction of sp³-hybridized carbons (Fsp3) is 0.190. The first-order chi connectivity index (χ1) is 13.5. The summed E-state index contributed by atoms with van der Waals surface area (Å²) in [5.41, 5.74) is 2.82. The van der Waals surface area contributed by atoms with E-state index in [-0.39, 0.29) is 12.5 Å². The molecule has 2 aromatic carbocycles. The van der Waals surface area contributed by atoms with Crippen molar-refractivity contribution < 1.29 is 19.1 Å². The molecule has 0 saturated heterocycles. The fourth-order valence-corrected chi connectivity index (χ4v) is 3.48. The van der Waals surface area contributed by atoms with Crippen LogP contribution in [-0.4, -0.2) is 24.0 Å². The highest BCUT2D eigenvalue weighted by molar-refractivity contribution is 7.14. The molecule has 0 aliphatic heterocycles.